The molecule has 0 bridgehead atoms. The number of alkyl carbamates (subject to hydrolysis) is 1. The van der Waals surface area contributed by atoms with Crippen LogP contribution in [0.5, 0.6) is 0 Å². The van der Waals surface area contributed by atoms with Crippen molar-refractivity contribution in [1.29, 1.82) is 0 Å². The standard InChI is InChI=1S/C26H27NO3/c1-17(2)24(25(28)18-10-4-3-5-11-18)27-26(29)30-16-23-21-14-8-6-12-19(21)20-13-7-9-15-22(20)23/h3-15,17,23-25,28H,16H2,1-2H3,(H,27,29)/t24-,25+/m0/s1. The van der Waals surface area contributed by atoms with Gasteiger partial charge in [0.15, 0.2) is 0 Å². The van der Waals surface area contributed by atoms with Crippen LogP contribution >= 0.6 is 0 Å². The minimum atomic E-state index is -0.799. The van der Waals surface area contributed by atoms with Crippen LogP contribution in [0.4, 0.5) is 4.79 Å². The van der Waals surface area contributed by atoms with Gasteiger partial charge in [-0.1, -0.05) is 92.7 Å². The van der Waals surface area contributed by atoms with Crippen LogP contribution < -0.4 is 5.32 Å². The largest absolute Gasteiger partial charge is 0.449 e. The number of benzene rings is 3. The summed E-state index contributed by atoms with van der Waals surface area (Å²) in [6.07, 6.45) is -1.31. The maximum Gasteiger partial charge on any atom is 0.407 e. The molecule has 3 aromatic rings. The van der Waals surface area contributed by atoms with Gasteiger partial charge in [-0.05, 0) is 33.7 Å². The molecule has 30 heavy (non-hydrogen) atoms. The van der Waals surface area contributed by atoms with Gasteiger partial charge in [-0.15, -0.1) is 0 Å². The first kappa shape index (κ1) is 20.2. The average molecular weight is 402 g/mol. The van der Waals surface area contributed by atoms with Crippen molar-refractivity contribution in [3.63, 3.8) is 0 Å². The highest BCUT2D eigenvalue weighted by atomic mass is 16.5. The molecule has 1 aliphatic carbocycles. The van der Waals surface area contributed by atoms with Gasteiger partial charge in [-0.3, -0.25) is 0 Å². The Morgan fingerprint density at radius 3 is 2.00 bits per heavy atom. The van der Waals surface area contributed by atoms with E-state index in [-0.39, 0.29) is 18.4 Å². The summed E-state index contributed by atoms with van der Waals surface area (Å²) in [5.41, 5.74) is 5.52. The van der Waals surface area contributed by atoms with Crippen molar-refractivity contribution in [2.75, 3.05) is 6.61 Å². The molecule has 2 atom stereocenters. The smallest absolute Gasteiger partial charge is 0.407 e. The van der Waals surface area contributed by atoms with Crippen LogP contribution in [-0.2, 0) is 4.74 Å². The summed E-state index contributed by atoms with van der Waals surface area (Å²) in [5, 5.41) is 13.6. The molecule has 154 valence electrons. The Labute approximate surface area is 177 Å². The van der Waals surface area contributed by atoms with Crippen molar-refractivity contribution < 1.29 is 14.6 Å². The molecule has 4 heteroatoms. The topological polar surface area (TPSA) is 58.6 Å². The second-order valence-corrected chi connectivity index (χ2v) is 8.10. The lowest BCUT2D eigenvalue weighted by molar-refractivity contribution is 0.0877. The predicted octanol–water partition coefficient (Wildman–Crippen LogP) is 5.28. The SMILES string of the molecule is CC(C)[C@H](NC(=O)OCC1c2ccccc2-c2ccccc21)[C@H](O)c1ccccc1. The van der Waals surface area contributed by atoms with Gasteiger partial charge in [0.2, 0.25) is 0 Å². The molecule has 1 amide bonds. The van der Waals surface area contributed by atoms with E-state index >= 15 is 0 Å². The second kappa shape index (κ2) is 8.72. The fourth-order valence-corrected chi connectivity index (χ4v) is 4.24. The van der Waals surface area contributed by atoms with E-state index in [1.807, 2.05) is 68.4 Å². The third kappa shape index (κ3) is 3.96. The third-order valence-electron chi connectivity index (χ3n) is 5.83. The van der Waals surface area contributed by atoms with E-state index in [1.165, 1.54) is 22.3 Å². The number of hydrogen-bond donors (Lipinski definition) is 2. The fourth-order valence-electron chi connectivity index (χ4n) is 4.24. The van der Waals surface area contributed by atoms with Crippen LogP contribution in [0.3, 0.4) is 0 Å². The van der Waals surface area contributed by atoms with Crippen LogP contribution in [0, 0.1) is 5.92 Å². The van der Waals surface area contributed by atoms with E-state index < -0.39 is 18.2 Å². The lowest BCUT2D eigenvalue weighted by Gasteiger charge is -2.27. The zero-order valence-electron chi connectivity index (χ0n) is 17.3. The highest BCUT2D eigenvalue weighted by molar-refractivity contribution is 5.79. The summed E-state index contributed by atoms with van der Waals surface area (Å²) in [7, 11) is 0. The quantitative estimate of drug-likeness (QED) is 0.591. The lowest BCUT2D eigenvalue weighted by Crippen LogP contribution is -2.43. The van der Waals surface area contributed by atoms with Crippen molar-refractivity contribution in [3.05, 3.63) is 95.6 Å². The summed E-state index contributed by atoms with van der Waals surface area (Å²) < 4.78 is 5.65. The number of aliphatic hydroxyl groups is 1. The monoisotopic (exact) mass is 401 g/mol. The Hall–Kier alpha value is -3.11. The highest BCUT2D eigenvalue weighted by Crippen LogP contribution is 2.44. The van der Waals surface area contributed by atoms with Gasteiger partial charge in [0.05, 0.1) is 12.1 Å². The molecule has 0 radical (unpaired) electrons. The number of aliphatic hydroxyl groups excluding tert-OH is 1. The molecule has 3 aromatic carbocycles. The lowest BCUT2D eigenvalue weighted by atomic mass is 9.93. The average Bonchev–Trinajstić information content (AvgIpc) is 3.10. The Morgan fingerprint density at radius 1 is 0.900 bits per heavy atom. The van der Waals surface area contributed by atoms with Crippen molar-refractivity contribution >= 4 is 6.09 Å². The van der Waals surface area contributed by atoms with Crippen LogP contribution in [0.25, 0.3) is 11.1 Å². The molecular formula is C26H27NO3. The molecule has 4 rings (SSSR count). The zero-order chi connectivity index (χ0) is 21.1. The maximum atomic E-state index is 12.6. The zero-order valence-corrected chi connectivity index (χ0v) is 17.3. The molecule has 0 unspecified atom stereocenters. The molecule has 2 N–H and O–H groups in total. The van der Waals surface area contributed by atoms with E-state index in [4.69, 9.17) is 4.74 Å². The molecule has 0 heterocycles. The van der Waals surface area contributed by atoms with Crippen LogP contribution in [0.15, 0.2) is 78.9 Å². The molecule has 0 aliphatic heterocycles. The van der Waals surface area contributed by atoms with E-state index in [0.29, 0.717) is 0 Å². The first-order valence-corrected chi connectivity index (χ1v) is 10.4. The normalized spacial score (nSPS) is 14.7. The molecular weight excluding hydrogens is 374 g/mol. The summed E-state index contributed by atoms with van der Waals surface area (Å²) in [5.74, 6) is 0.0559. The van der Waals surface area contributed by atoms with Gasteiger partial charge in [0.1, 0.15) is 6.61 Å². The van der Waals surface area contributed by atoms with Gasteiger partial charge in [-0.2, -0.15) is 0 Å². The summed E-state index contributed by atoms with van der Waals surface area (Å²) >= 11 is 0. The second-order valence-electron chi connectivity index (χ2n) is 8.10. The first-order chi connectivity index (χ1) is 14.6. The van der Waals surface area contributed by atoms with Crippen LogP contribution in [0.2, 0.25) is 0 Å². The summed E-state index contributed by atoms with van der Waals surface area (Å²) in [6, 6.07) is 25.4. The first-order valence-electron chi connectivity index (χ1n) is 10.4. The van der Waals surface area contributed by atoms with Crippen molar-refractivity contribution in [1.82, 2.24) is 5.32 Å². The number of carbonyl (C=O) groups excluding carboxylic acids is 1. The van der Waals surface area contributed by atoms with Crippen LogP contribution in [0.1, 0.15) is 42.6 Å². The summed E-state index contributed by atoms with van der Waals surface area (Å²) in [4.78, 5) is 12.6. The van der Waals surface area contributed by atoms with Gasteiger partial charge >= 0.3 is 6.09 Å². The van der Waals surface area contributed by atoms with E-state index in [2.05, 4.69) is 29.6 Å². The highest BCUT2D eigenvalue weighted by Gasteiger charge is 2.30. The Kier molecular flexibility index (Phi) is 5.86. The molecule has 0 saturated heterocycles. The minimum absolute atomic E-state index is 0.0136. The number of ether oxygens (including phenoxy) is 1. The Balaban J connectivity index is 1.45. The van der Waals surface area contributed by atoms with Crippen molar-refractivity contribution in [3.8, 4) is 11.1 Å². The van der Waals surface area contributed by atoms with E-state index in [1.54, 1.807) is 0 Å². The van der Waals surface area contributed by atoms with Gasteiger partial charge < -0.3 is 15.2 Å². The Morgan fingerprint density at radius 2 is 1.43 bits per heavy atom. The fraction of sp³-hybridized carbons (Fsp3) is 0.269. The van der Waals surface area contributed by atoms with E-state index in [0.717, 1.165) is 5.56 Å². The molecule has 0 saturated carbocycles. The number of hydrogen-bond acceptors (Lipinski definition) is 3. The van der Waals surface area contributed by atoms with Gasteiger partial charge in [0.25, 0.3) is 0 Å². The third-order valence-corrected chi connectivity index (χ3v) is 5.83. The van der Waals surface area contributed by atoms with Crippen molar-refractivity contribution in [2.45, 2.75) is 31.9 Å². The van der Waals surface area contributed by atoms with Gasteiger partial charge in [-0.25, -0.2) is 4.79 Å². The summed E-state index contributed by atoms with van der Waals surface area (Å²) in [6.45, 7) is 4.20. The number of rotatable bonds is 6. The molecule has 0 spiro atoms. The molecule has 0 fully saturated rings. The molecule has 0 aromatic heterocycles. The Bertz CT molecular complexity index is 970. The number of fused-ring (bicyclic) bond motifs is 3. The van der Waals surface area contributed by atoms with Crippen LogP contribution in [-0.4, -0.2) is 23.8 Å². The molecule has 4 nitrogen and oxygen atoms in total. The number of carbonyl (C=O) groups is 1. The van der Waals surface area contributed by atoms with E-state index in [9.17, 15) is 9.90 Å². The maximum absolute atomic E-state index is 12.6. The van der Waals surface area contributed by atoms with Crippen molar-refractivity contribution in [2.24, 2.45) is 5.92 Å². The molecule has 1 aliphatic rings. The predicted molar refractivity (Wildman–Crippen MR) is 118 cm³/mol. The number of nitrogens with one attached hydrogen (secondary N) is 1. The van der Waals surface area contributed by atoms with Gasteiger partial charge in [0, 0.05) is 5.92 Å². The number of amides is 1. The minimum Gasteiger partial charge on any atom is -0.449 e.